The van der Waals surface area contributed by atoms with Gasteiger partial charge in [0.25, 0.3) is 5.91 Å². The number of nitrogens with zero attached hydrogens (tertiary/aromatic N) is 2. The molecule has 4 rings (SSSR count). The van der Waals surface area contributed by atoms with E-state index in [1.165, 1.54) is 0 Å². The van der Waals surface area contributed by atoms with Crippen LogP contribution >= 0.6 is 0 Å². The maximum Gasteiger partial charge on any atom is 0.257 e. The number of nitrogens with one attached hydrogen (secondary N) is 1. The lowest BCUT2D eigenvalue weighted by atomic mass is 10.1. The van der Waals surface area contributed by atoms with Crippen LogP contribution in [0.5, 0.6) is 11.6 Å². The summed E-state index contributed by atoms with van der Waals surface area (Å²) in [5.74, 6) is -0.567. The zero-order valence-corrected chi connectivity index (χ0v) is 16.0. The number of ether oxygens (including phenoxy) is 1. The molecule has 0 radical (unpaired) electrons. The van der Waals surface area contributed by atoms with Gasteiger partial charge in [0.1, 0.15) is 17.1 Å². The number of hydrogen-bond donors (Lipinski definition) is 1. The highest BCUT2D eigenvalue weighted by atomic mass is 19.1. The Hall–Kier alpha value is -4.06. The molecule has 30 heavy (non-hydrogen) atoms. The summed E-state index contributed by atoms with van der Waals surface area (Å²) in [7, 11) is 0. The van der Waals surface area contributed by atoms with Crippen molar-refractivity contribution in [1.82, 2.24) is 15.3 Å². The minimum absolute atomic E-state index is 0.0275. The minimum atomic E-state index is -0.613. The lowest BCUT2D eigenvalue weighted by Crippen LogP contribution is -2.23. The van der Waals surface area contributed by atoms with Gasteiger partial charge in [-0.15, -0.1) is 0 Å². The molecule has 5 nitrogen and oxygen atoms in total. The van der Waals surface area contributed by atoms with Crippen molar-refractivity contribution < 1.29 is 13.9 Å². The molecule has 2 aromatic carbocycles. The van der Waals surface area contributed by atoms with E-state index >= 15 is 0 Å². The summed E-state index contributed by atoms with van der Waals surface area (Å²) in [5, 5.41) is 2.77. The number of halogens is 1. The molecule has 0 spiro atoms. The van der Waals surface area contributed by atoms with Gasteiger partial charge in [0.2, 0.25) is 5.88 Å². The average molecular weight is 399 g/mol. The van der Waals surface area contributed by atoms with Crippen molar-refractivity contribution in [3.8, 4) is 22.9 Å². The second kappa shape index (κ2) is 8.96. The molecule has 0 bridgehead atoms. The van der Waals surface area contributed by atoms with Crippen molar-refractivity contribution in [2.45, 2.75) is 6.54 Å². The first-order chi connectivity index (χ1) is 14.7. The smallest absolute Gasteiger partial charge is 0.257 e. The van der Waals surface area contributed by atoms with Crippen LogP contribution in [-0.4, -0.2) is 15.9 Å². The van der Waals surface area contributed by atoms with Gasteiger partial charge in [0, 0.05) is 18.3 Å². The molecule has 0 unspecified atom stereocenters. The van der Waals surface area contributed by atoms with Crippen LogP contribution in [0.25, 0.3) is 11.3 Å². The van der Waals surface area contributed by atoms with Crippen LogP contribution in [0.1, 0.15) is 15.9 Å². The summed E-state index contributed by atoms with van der Waals surface area (Å²) < 4.78 is 19.5. The van der Waals surface area contributed by atoms with E-state index in [-0.39, 0.29) is 11.4 Å². The van der Waals surface area contributed by atoms with Gasteiger partial charge in [-0.3, -0.25) is 9.78 Å². The van der Waals surface area contributed by atoms with Crippen molar-refractivity contribution in [3.63, 3.8) is 0 Å². The third-order valence-corrected chi connectivity index (χ3v) is 4.39. The molecule has 2 heterocycles. The Morgan fingerprint density at radius 3 is 2.43 bits per heavy atom. The molecule has 0 saturated carbocycles. The number of hydrogen-bond acceptors (Lipinski definition) is 4. The Morgan fingerprint density at radius 1 is 0.933 bits per heavy atom. The van der Waals surface area contributed by atoms with E-state index in [1.807, 2.05) is 60.7 Å². The Morgan fingerprint density at radius 2 is 1.70 bits per heavy atom. The van der Waals surface area contributed by atoms with Gasteiger partial charge < -0.3 is 10.1 Å². The number of carbonyl (C=O) groups excluding carboxylic acids is 1. The third-order valence-electron chi connectivity index (χ3n) is 4.39. The number of pyridine rings is 2. The molecule has 1 amide bonds. The van der Waals surface area contributed by atoms with Gasteiger partial charge in [-0.25, -0.2) is 9.37 Å². The van der Waals surface area contributed by atoms with Crippen LogP contribution in [0.2, 0.25) is 0 Å². The molecule has 0 aliphatic rings. The molecule has 4 aromatic rings. The van der Waals surface area contributed by atoms with E-state index in [2.05, 4.69) is 15.3 Å². The molecule has 0 aliphatic heterocycles. The zero-order valence-electron chi connectivity index (χ0n) is 16.0. The number of aromatic nitrogens is 2. The highest BCUT2D eigenvalue weighted by Crippen LogP contribution is 2.26. The van der Waals surface area contributed by atoms with E-state index in [0.29, 0.717) is 12.3 Å². The van der Waals surface area contributed by atoms with Crippen molar-refractivity contribution in [3.05, 3.63) is 108 Å². The number of amides is 1. The molecule has 0 atom stereocenters. The first-order valence-corrected chi connectivity index (χ1v) is 9.36. The lowest BCUT2D eigenvalue weighted by molar-refractivity contribution is 0.0947. The van der Waals surface area contributed by atoms with Gasteiger partial charge in [0.15, 0.2) is 0 Å². The average Bonchev–Trinajstić information content (AvgIpc) is 2.80. The summed E-state index contributed by atoms with van der Waals surface area (Å²) in [5.41, 5.74) is 2.73. The molecular formula is C24H18FN3O2. The predicted molar refractivity (Wildman–Crippen MR) is 112 cm³/mol. The lowest BCUT2D eigenvalue weighted by Gasteiger charge is -2.11. The standard InChI is InChI=1S/C24H18FN3O2/c25-19-14-21(23(29)27-15-17-6-2-1-3-7-17)24(28-16-19)30-20-11-9-18(10-12-20)22-8-4-5-13-26-22/h1-14,16H,15H2,(H,27,29). The normalized spacial score (nSPS) is 10.4. The summed E-state index contributed by atoms with van der Waals surface area (Å²) in [6.45, 7) is 0.314. The first kappa shape index (κ1) is 19.3. The van der Waals surface area contributed by atoms with Crippen molar-refractivity contribution in [1.29, 1.82) is 0 Å². The molecule has 0 saturated heterocycles. The van der Waals surface area contributed by atoms with E-state index in [1.54, 1.807) is 18.3 Å². The van der Waals surface area contributed by atoms with Gasteiger partial charge in [-0.2, -0.15) is 0 Å². The highest BCUT2D eigenvalue weighted by Gasteiger charge is 2.16. The van der Waals surface area contributed by atoms with E-state index in [4.69, 9.17) is 4.74 Å². The number of rotatable bonds is 6. The first-order valence-electron chi connectivity index (χ1n) is 9.36. The molecule has 0 aliphatic carbocycles. The zero-order chi connectivity index (χ0) is 20.8. The summed E-state index contributed by atoms with van der Waals surface area (Å²) in [4.78, 5) is 20.9. The third kappa shape index (κ3) is 4.67. The second-order valence-corrected chi connectivity index (χ2v) is 6.52. The van der Waals surface area contributed by atoms with Gasteiger partial charge in [-0.1, -0.05) is 36.4 Å². The van der Waals surface area contributed by atoms with Crippen LogP contribution in [0.3, 0.4) is 0 Å². The monoisotopic (exact) mass is 399 g/mol. The highest BCUT2D eigenvalue weighted by molar-refractivity contribution is 5.96. The van der Waals surface area contributed by atoms with E-state index < -0.39 is 11.7 Å². The molecule has 1 N–H and O–H groups in total. The molecular weight excluding hydrogens is 381 g/mol. The van der Waals surface area contributed by atoms with Crippen LogP contribution in [0.15, 0.2) is 91.3 Å². The maximum atomic E-state index is 13.7. The fourth-order valence-electron chi connectivity index (χ4n) is 2.88. The molecule has 148 valence electrons. The predicted octanol–water partition coefficient (Wildman–Crippen LogP) is 5.01. The van der Waals surface area contributed by atoms with Crippen LogP contribution in [-0.2, 0) is 6.54 Å². The molecule has 6 heteroatoms. The fourth-order valence-corrected chi connectivity index (χ4v) is 2.88. The van der Waals surface area contributed by atoms with Gasteiger partial charge >= 0.3 is 0 Å². The van der Waals surface area contributed by atoms with Gasteiger partial charge in [0.05, 0.1) is 11.9 Å². The van der Waals surface area contributed by atoms with E-state index in [9.17, 15) is 9.18 Å². The van der Waals surface area contributed by atoms with Crippen molar-refractivity contribution >= 4 is 5.91 Å². The Balaban J connectivity index is 1.51. The summed E-state index contributed by atoms with van der Waals surface area (Å²) in [6, 6.07) is 23.5. The summed E-state index contributed by atoms with van der Waals surface area (Å²) >= 11 is 0. The van der Waals surface area contributed by atoms with Crippen LogP contribution in [0.4, 0.5) is 4.39 Å². The van der Waals surface area contributed by atoms with Gasteiger partial charge in [-0.05, 0) is 48.0 Å². The SMILES string of the molecule is O=C(NCc1ccccc1)c1cc(F)cnc1Oc1ccc(-c2ccccn2)cc1. The molecule has 0 fully saturated rings. The van der Waals surface area contributed by atoms with Crippen molar-refractivity contribution in [2.24, 2.45) is 0 Å². The van der Waals surface area contributed by atoms with Crippen LogP contribution < -0.4 is 10.1 Å². The Labute approximate surface area is 173 Å². The topological polar surface area (TPSA) is 64.1 Å². The summed E-state index contributed by atoms with van der Waals surface area (Å²) in [6.07, 6.45) is 2.74. The maximum absolute atomic E-state index is 13.7. The quantitative estimate of drug-likeness (QED) is 0.495. The fraction of sp³-hybridized carbons (Fsp3) is 0.0417. The Bertz CT molecular complexity index is 1130. The largest absolute Gasteiger partial charge is 0.438 e. The minimum Gasteiger partial charge on any atom is -0.438 e. The number of benzene rings is 2. The Kier molecular flexibility index (Phi) is 5.75. The molecule has 2 aromatic heterocycles. The number of carbonyl (C=O) groups is 1. The van der Waals surface area contributed by atoms with Crippen LogP contribution in [0, 0.1) is 5.82 Å². The second-order valence-electron chi connectivity index (χ2n) is 6.52. The van der Waals surface area contributed by atoms with Crippen molar-refractivity contribution in [2.75, 3.05) is 0 Å². The van der Waals surface area contributed by atoms with E-state index in [0.717, 1.165) is 29.1 Å².